The van der Waals surface area contributed by atoms with Gasteiger partial charge in [-0.1, -0.05) is 0 Å². The highest BCUT2D eigenvalue weighted by atomic mass is 19.1. The lowest BCUT2D eigenvalue weighted by Crippen LogP contribution is -2.48. The lowest BCUT2D eigenvalue weighted by molar-refractivity contribution is 0.171. The fourth-order valence-corrected chi connectivity index (χ4v) is 3.70. The number of methoxy groups -OCH3 is 1. The Hall–Kier alpha value is -2.91. The second-order valence-electron chi connectivity index (χ2n) is 6.94. The van der Waals surface area contributed by atoms with Crippen molar-refractivity contribution in [2.75, 3.05) is 44.8 Å². The van der Waals surface area contributed by atoms with Crippen molar-refractivity contribution >= 4 is 5.69 Å². The smallest absolute Gasteiger partial charge is 0.173 e. The quantitative estimate of drug-likeness (QED) is 0.602. The van der Waals surface area contributed by atoms with Crippen LogP contribution in [0.5, 0.6) is 0 Å². The average Bonchev–Trinajstić information content (AvgIpc) is 3.22. The summed E-state index contributed by atoms with van der Waals surface area (Å²) < 4.78 is 20.2. The van der Waals surface area contributed by atoms with Gasteiger partial charge in [-0.15, -0.1) is 5.10 Å². The fourth-order valence-electron chi connectivity index (χ4n) is 3.70. The van der Waals surface area contributed by atoms with Crippen LogP contribution in [0.4, 0.5) is 10.1 Å². The molecule has 0 spiro atoms. The third-order valence-corrected chi connectivity index (χ3v) is 5.20. The zero-order valence-corrected chi connectivity index (χ0v) is 16.4. The summed E-state index contributed by atoms with van der Waals surface area (Å²) in [6, 6.07) is 10.6. The minimum atomic E-state index is -0.215. The molecule has 0 radical (unpaired) electrons. The topological polar surface area (TPSA) is 72.2 Å². The van der Waals surface area contributed by atoms with E-state index in [0.29, 0.717) is 13.2 Å². The Labute approximate surface area is 168 Å². The SMILES string of the molecule is COCCn1nnnc1[C@@H](c1ccncc1)N1CCN(c2ccc(F)cc2)CC1. The number of hydrogen-bond acceptors (Lipinski definition) is 7. The molecule has 2 aromatic heterocycles. The highest BCUT2D eigenvalue weighted by molar-refractivity contribution is 5.46. The van der Waals surface area contributed by atoms with Gasteiger partial charge in [0.05, 0.1) is 19.2 Å². The van der Waals surface area contributed by atoms with Crippen LogP contribution in [0.3, 0.4) is 0 Å². The second-order valence-corrected chi connectivity index (χ2v) is 6.94. The van der Waals surface area contributed by atoms with Gasteiger partial charge in [-0.3, -0.25) is 9.88 Å². The maximum absolute atomic E-state index is 13.2. The van der Waals surface area contributed by atoms with Gasteiger partial charge in [0, 0.05) is 51.4 Å². The van der Waals surface area contributed by atoms with Crippen molar-refractivity contribution in [2.45, 2.75) is 12.6 Å². The van der Waals surface area contributed by atoms with Crippen molar-refractivity contribution in [1.29, 1.82) is 0 Å². The highest BCUT2D eigenvalue weighted by Crippen LogP contribution is 2.28. The van der Waals surface area contributed by atoms with Gasteiger partial charge in [-0.2, -0.15) is 0 Å². The Bertz CT molecular complexity index is 895. The van der Waals surface area contributed by atoms with E-state index >= 15 is 0 Å². The molecule has 1 fully saturated rings. The van der Waals surface area contributed by atoms with E-state index in [1.54, 1.807) is 24.2 Å². The molecular formula is C20H24FN7O. The summed E-state index contributed by atoms with van der Waals surface area (Å²) in [7, 11) is 1.67. The molecule has 1 aromatic carbocycles. The standard InChI is InChI=1S/C20H24FN7O/c1-29-15-14-28-20(23-24-25-28)19(16-6-8-22-9-7-16)27-12-10-26(11-13-27)18-4-2-17(21)3-5-18/h2-9,19H,10-15H2,1H3/t19-/m1/s1. The monoisotopic (exact) mass is 397 g/mol. The molecule has 0 saturated carbocycles. The normalized spacial score (nSPS) is 16.1. The lowest BCUT2D eigenvalue weighted by atomic mass is 10.0. The number of benzene rings is 1. The molecule has 1 atom stereocenters. The minimum Gasteiger partial charge on any atom is -0.383 e. The molecule has 0 N–H and O–H groups in total. The second kappa shape index (κ2) is 9.06. The van der Waals surface area contributed by atoms with Crippen molar-refractivity contribution in [1.82, 2.24) is 30.1 Å². The third kappa shape index (κ3) is 4.41. The number of piperazine rings is 1. The van der Waals surface area contributed by atoms with Crippen molar-refractivity contribution in [3.63, 3.8) is 0 Å². The summed E-state index contributed by atoms with van der Waals surface area (Å²) in [4.78, 5) is 8.80. The highest BCUT2D eigenvalue weighted by Gasteiger charge is 2.30. The average molecular weight is 397 g/mol. The minimum absolute atomic E-state index is 0.0692. The molecule has 1 saturated heterocycles. The number of ether oxygens (including phenoxy) is 1. The van der Waals surface area contributed by atoms with Gasteiger partial charge in [0.2, 0.25) is 0 Å². The first-order valence-electron chi connectivity index (χ1n) is 9.66. The number of rotatable bonds is 7. The number of pyridine rings is 1. The third-order valence-electron chi connectivity index (χ3n) is 5.20. The van der Waals surface area contributed by atoms with Gasteiger partial charge in [0.1, 0.15) is 5.82 Å². The van der Waals surface area contributed by atoms with Crippen LogP contribution in [0.2, 0.25) is 0 Å². The Balaban J connectivity index is 1.55. The Morgan fingerprint density at radius 3 is 2.45 bits per heavy atom. The molecule has 8 nitrogen and oxygen atoms in total. The first-order valence-corrected chi connectivity index (χ1v) is 9.66. The molecule has 0 aliphatic carbocycles. The van der Waals surface area contributed by atoms with Crippen LogP contribution >= 0.6 is 0 Å². The maximum Gasteiger partial charge on any atom is 0.173 e. The number of aromatic nitrogens is 5. The molecule has 3 heterocycles. The molecular weight excluding hydrogens is 373 g/mol. The van der Waals surface area contributed by atoms with Crippen LogP contribution in [0.1, 0.15) is 17.4 Å². The number of halogens is 1. The van der Waals surface area contributed by atoms with Crippen molar-refractivity contribution in [3.05, 3.63) is 66.0 Å². The van der Waals surface area contributed by atoms with Gasteiger partial charge < -0.3 is 9.64 Å². The molecule has 0 bridgehead atoms. The molecule has 0 unspecified atom stereocenters. The largest absolute Gasteiger partial charge is 0.383 e. The zero-order chi connectivity index (χ0) is 20.1. The Morgan fingerprint density at radius 1 is 1.03 bits per heavy atom. The predicted octanol–water partition coefficient (Wildman–Crippen LogP) is 1.77. The van der Waals surface area contributed by atoms with Crippen molar-refractivity contribution < 1.29 is 9.13 Å². The van der Waals surface area contributed by atoms with Crippen LogP contribution < -0.4 is 4.90 Å². The van der Waals surface area contributed by atoms with Crippen molar-refractivity contribution in [3.8, 4) is 0 Å². The van der Waals surface area contributed by atoms with Crippen LogP contribution in [-0.4, -0.2) is 70.0 Å². The molecule has 29 heavy (non-hydrogen) atoms. The molecule has 4 rings (SSSR count). The van der Waals surface area contributed by atoms with Gasteiger partial charge in [-0.05, 0) is 52.4 Å². The summed E-state index contributed by atoms with van der Waals surface area (Å²) in [5.74, 6) is 0.580. The summed E-state index contributed by atoms with van der Waals surface area (Å²) >= 11 is 0. The predicted molar refractivity (Wildman–Crippen MR) is 106 cm³/mol. The molecule has 0 amide bonds. The van der Waals surface area contributed by atoms with E-state index in [1.165, 1.54) is 12.1 Å². The van der Waals surface area contributed by atoms with Gasteiger partial charge >= 0.3 is 0 Å². The lowest BCUT2D eigenvalue weighted by Gasteiger charge is -2.39. The number of tetrazole rings is 1. The van der Waals surface area contributed by atoms with Gasteiger partial charge in [0.15, 0.2) is 5.82 Å². The van der Waals surface area contributed by atoms with Crippen LogP contribution in [0.15, 0.2) is 48.8 Å². The van der Waals surface area contributed by atoms with E-state index in [0.717, 1.165) is 43.3 Å². The summed E-state index contributed by atoms with van der Waals surface area (Å²) in [6.07, 6.45) is 3.58. The van der Waals surface area contributed by atoms with E-state index in [9.17, 15) is 4.39 Å². The summed E-state index contributed by atoms with van der Waals surface area (Å²) in [6.45, 7) is 4.48. The maximum atomic E-state index is 13.2. The number of nitrogens with zero attached hydrogens (tertiary/aromatic N) is 7. The van der Waals surface area contributed by atoms with Crippen molar-refractivity contribution in [2.24, 2.45) is 0 Å². The first kappa shape index (κ1) is 19.4. The number of hydrogen-bond donors (Lipinski definition) is 0. The summed E-state index contributed by atoms with van der Waals surface area (Å²) in [5, 5.41) is 12.4. The zero-order valence-electron chi connectivity index (χ0n) is 16.4. The molecule has 1 aliphatic rings. The van der Waals surface area contributed by atoms with E-state index < -0.39 is 0 Å². The fraction of sp³-hybridized carbons (Fsp3) is 0.400. The number of anilines is 1. The van der Waals surface area contributed by atoms with Crippen LogP contribution in [-0.2, 0) is 11.3 Å². The molecule has 3 aromatic rings. The van der Waals surface area contributed by atoms with Gasteiger partial charge in [-0.25, -0.2) is 9.07 Å². The van der Waals surface area contributed by atoms with Gasteiger partial charge in [0.25, 0.3) is 0 Å². The van der Waals surface area contributed by atoms with E-state index in [1.807, 2.05) is 24.3 Å². The summed E-state index contributed by atoms with van der Waals surface area (Å²) in [5.41, 5.74) is 2.14. The van der Waals surface area contributed by atoms with Crippen LogP contribution in [0, 0.1) is 5.82 Å². The molecule has 152 valence electrons. The van der Waals surface area contributed by atoms with E-state index in [4.69, 9.17) is 4.74 Å². The van der Waals surface area contributed by atoms with E-state index in [2.05, 4.69) is 30.3 Å². The Kier molecular flexibility index (Phi) is 6.06. The van der Waals surface area contributed by atoms with E-state index in [-0.39, 0.29) is 11.9 Å². The molecule has 9 heteroatoms. The first-order chi connectivity index (χ1) is 14.3. The Morgan fingerprint density at radius 2 is 1.76 bits per heavy atom. The molecule has 1 aliphatic heterocycles. The van der Waals surface area contributed by atoms with Crippen LogP contribution in [0.25, 0.3) is 0 Å².